The summed E-state index contributed by atoms with van der Waals surface area (Å²) in [5.41, 5.74) is 2.52. The first-order chi connectivity index (χ1) is 8.99. The maximum absolute atomic E-state index is 12.3. The molecule has 5 nitrogen and oxygen atoms in total. The standard InChI is InChI=1S/C14H22N2O3/c1-10-7-11(15-2)5-6-13(10)14(18)16(3)8-12(17)9-19-4/h5-7,12,15,17H,8-9H2,1-4H3. The van der Waals surface area contributed by atoms with Crippen LogP contribution in [0.3, 0.4) is 0 Å². The number of carbonyl (C=O) groups is 1. The molecule has 5 heteroatoms. The lowest BCUT2D eigenvalue weighted by Crippen LogP contribution is -2.36. The molecule has 1 aromatic rings. The molecule has 0 aliphatic carbocycles. The van der Waals surface area contributed by atoms with E-state index in [4.69, 9.17) is 4.74 Å². The Morgan fingerprint density at radius 2 is 2.21 bits per heavy atom. The highest BCUT2D eigenvalue weighted by atomic mass is 16.5. The molecule has 0 saturated heterocycles. The number of anilines is 1. The summed E-state index contributed by atoms with van der Waals surface area (Å²) < 4.78 is 4.85. The van der Waals surface area contributed by atoms with Gasteiger partial charge in [0.1, 0.15) is 0 Å². The molecule has 0 heterocycles. The first-order valence-corrected chi connectivity index (χ1v) is 6.20. The highest BCUT2D eigenvalue weighted by molar-refractivity contribution is 5.95. The molecule has 0 saturated carbocycles. The number of aliphatic hydroxyl groups is 1. The van der Waals surface area contributed by atoms with Crippen LogP contribution in [0.25, 0.3) is 0 Å². The Morgan fingerprint density at radius 1 is 1.53 bits per heavy atom. The highest BCUT2D eigenvalue weighted by Gasteiger charge is 2.17. The van der Waals surface area contributed by atoms with Crippen molar-refractivity contribution in [2.75, 3.05) is 39.7 Å². The summed E-state index contributed by atoms with van der Waals surface area (Å²) in [6.45, 7) is 2.36. The number of aliphatic hydroxyl groups excluding tert-OH is 1. The van der Waals surface area contributed by atoms with E-state index in [9.17, 15) is 9.90 Å². The van der Waals surface area contributed by atoms with Crippen LogP contribution in [0, 0.1) is 6.92 Å². The van der Waals surface area contributed by atoms with Crippen molar-refractivity contribution in [1.82, 2.24) is 4.90 Å². The molecule has 1 aromatic carbocycles. The Balaban J connectivity index is 2.76. The lowest BCUT2D eigenvalue weighted by molar-refractivity contribution is 0.0380. The smallest absolute Gasteiger partial charge is 0.253 e. The number of amides is 1. The zero-order valence-corrected chi connectivity index (χ0v) is 11.9. The Bertz CT molecular complexity index is 435. The average Bonchev–Trinajstić information content (AvgIpc) is 2.37. The molecule has 1 unspecified atom stereocenters. The Labute approximate surface area is 114 Å². The van der Waals surface area contributed by atoms with E-state index in [2.05, 4.69) is 5.32 Å². The van der Waals surface area contributed by atoms with Gasteiger partial charge in [0.2, 0.25) is 0 Å². The van der Waals surface area contributed by atoms with E-state index in [-0.39, 0.29) is 19.1 Å². The summed E-state index contributed by atoms with van der Waals surface area (Å²) in [6, 6.07) is 5.58. The van der Waals surface area contributed by atoms with Crippen molar-refractivity contribution in [3.05, 3.63) is 29.3 Å². The number of hydrogen-bond acceptors (Lipinski definition) is 4. The van der Waals surface area contributed by atoms with Crippen LogP contribution >= 0.6 is 0 Å². The zero-order chi connectivity index (χ0) is 14.4. The van der Waals surface area contributed by atoms with Crippen molar-refractivity contribution in [1.29, 1.82) is 0 Å². The van der Waals surface area contributed by atoms with Crippen LogP contribution in [0.1, 0.15) is 15.9 Å². The number of aryl methyl sites for hydroxylation is 1. The molecule has 0 bridgehead atoms. The van der Waals surface area contributed by atoms with Crippen molar-refractivity contribution in [3.63, 3.8) is 0 Å². The van der Waals surface area contributed by atoms with Gasteiger partial charge in [-0.25, -0.2) is 0 Å². The summed E-state index contributed by atoms with van der Waals surface area (Å²) in [4.78, 5) is 13.8. The van der Waals surface area contributed by atoms with Gasteiger partial charge in [-0.05, 0) is 30.7 Å². The molecule has 1 atom stereocenters. The fourth-order valence-corrected chi connectivity index (χ4v) is 1.91. The third-order valence-corrected chi connectivity index (χ3v) is 2.94. The van der Waals surface area contributed by atoms with Crippen LogP contribution in [0.4, 0.5) is 5.69 Å². The second-order valence-electron chi connectivity index (χ2n) is 4.57. The molecule has 0 aliphatic rings. The van der Waals surface area contributed by atoms with Crippen molar-refractivity contribution in [3.8, 4) is 0 Å². The van der Waals surface area contributed by atoms with E-state index in [0.717, 1.165) is 11.3 Å². The third kappa shape index (κ3) is 4.22. The summed E-state index contributed by atoms with van der Waals surface area (Å²) in [5, 5.41) is 12.7. The van der Waals surface area contributed by atoms with Crippen molar-refractivity contribution < 1.29 is 14.6 Å². The maximum atomic E-state index is 12.3. The van der Waals surface area contributed by atoms with Crippen molar-refractivity contribution >= 4 is 11.6 Å². The van der Waals surface area contributed by atoms with Gasteiger partial charge in [-0.15, -0.1) is 0 Å². The quantitative estimate of drug-likeness (QED) is 0.810. The number of ether oxygens (including phenoxy) is 1. The number of benzene rings is 1. The Hall–Kier alpha value is -1.59. The van der Waals surface area contributed by atoms with E-state index in [1.54, 1.807) is 13.1 Å². The second kappa shape index (κ2) is 7.11. The van der Waals surface area contributed by atoms with Gasteiger partial charge in [-0.2, -0.15) is 0 Å². The fourth-order valence-electron chi connectivity index (χ4n) is 1.91. The predicted octanol–water partition coefficient (Wildman–Crippen LogP) is 1.12. The summed E-state index contributed by atoms with van der Waals surface area (Å²) in [7, 11) is 5.03. The minimum Gasteiger partial charge on any atom is -0.389 e. The molecular weight excluding hydrogens is 244 g/mol. The minimum atomic E-state index is -0.671. The van der Waals surface area contributed by atoms with Crippen LogP contribution < -0.4 is 5.32 Å². The van der Waals surface area contributed by atoms with Crippen LogP contribution in [0.2, 0.25) is 0 Å². The molecular formula is C14H22N2O3. The number of nitrogens with zero attached hydrogens (tertiary/aromatic N) is 1. The minimum absolute atomic E-state index is 0.102. The van der Waals surface area contributed by atoms with Gasteiger partial charge >= 0.3 is 0 Å². The van der Waals surface area contributed by atoms with Crippen LogP contribution in [0.15, 0.2) is 18.2 Å². The normalized spacial score (nSPS) is 12.1. The third-order valence-electron chi connectivity index (χ3n) is 2.94. The number of methoxy groups -OCH3 is 1. The number of nitrogens with one attached hydrogen (secondary N) is 1. The summed E-state index contributed by atoms with van der Waals surface area (Å²) in [5.74, 6) is -0.102. The van der Waals surface area contributed by atoms with E-state index >= 15 is 0 Å². The molecule has 0 aliphatic heterocycles. The average molecular weight is 266 g/mol. The lowest BCUT2D eigenvalue weighted by Gasteiger charge is -2.21. The Morgan fingerprint density at radius 3 is 2.74 bits per heavy atom. The van der Waals surface area contributed by atoms with E-state index in [1.807, 2.05) is 26.1 Å². The molecule has 0 aromatic heterocycles. The van der Waals surface area contributed by atoms with E-state index in [0.29, 0.717) is 5.56 Å². The largest absolute Gasteiger partial charge is 0.389 e. The van der Waals surface area contributed by atoms with Gasteiger partial charge in [-0.3, -0.25) is 4.79 Å². The maximum Gasteiger partial charge on any atom is 0.253 e. The molecule has 1 amide bonds. The first-order valence-electron chi connectivity index (χ1n) is 6.20. The van der Waals surface area contributed by atoms with Gasteiger partial charge in [0.15, 0.2) is 0 Å². The van der Waals surface area contributed by atoms with Crippen LogP contribution in [0.5, 0.6) is 0 Å². The van der Waals surface area contributed by atoms with Crippen molar-refractivity contribution in [2.45, 2.75) is 13.0 Å². The van der Waals surface area contributed by atoms with E-state index < -0.39 is 6.10 Å². The fraction of sp³-hybridized carbons (Fsp3) is 0.500. The molecule has 2 N–H and O–H groups in total. The predicted molar refractivity (Wildman–Crippen MR) is 75.6 cm³/mol. The SMILES string of the molecule is CNc1ccc(C(=O)N(C)CC(O)COC)c(C)c1. The molecule has 0 spiro atoms. The Kier molecular flexibility index (Phi) is 5.79. The molecule has 1 rings (SSSR count). The zero-order valence-electron chi connectivity index (χ0n) is 11.9. The lowest BCUT2D eigenvalue weighted by atomic mass is 10.1. The number of likely N-dealkylation sites (N-methyl/N-ethyl adjacent to an activating group) is 1. The van der Waals surface area contributed by atoms with Gasteiger partial charge in [-0.1, -0.05) is 0 Å². The van der Waals surface area contributed by atoms with Crippen LogP contribution in [-0.4, -0.2) is 56.4 Å². The number of rotatable bonds is 6. The molecule has 106 valence electrons. The molecule has 0 radical (unpaired) electrons. The summed E-state index contributed by atoms with van der Waals surface area (Å²) >= 11 is 0. The topological polar surface area (TPSA) is 61.8 Å². The summed E-state index contributed by atoms with van der Waals surface area (Å²) in [6.07, 6.45) is -0.671. The van der Waals surface area contributed by atoms with Gasteiger partial charge in [0.05, 0.1) is 12.7 Å². The first kappa shape index (κ1) is 15.5. The van der Waals surface area contributed by atoms with Gasteiger partial charge < -0.3 is 20.1 Å². The van der Waals surface area contributed by atoms with Gasteiger partial charge in [0, 0.05) is 39.0 Å². The molecule has 19 heavy (non-hydrogen) atoms. The van der Waals surface area contributed by atoms with Gasteiger partial charge in [0.25, 0.3) is 5.91 Å². The van der Waals surface area contributed by atoms with Crippen LogP contribution in [-0.2, 0) is 4.74 Å². The molecule has 0 fully saturated rings. The highest BCUT2D eigenvalue weighted by Crippen LogP contribution is 2.16. The number of carbonyl (C=O) groups excluding carboxylic acids is 1. The van der Waals surface area contributed by atoms with Crippen molar-refractivity contribution in [2.24, 2.45) is 0 Å². The van der Waals surface area contributed by atoms with E-state index in [1.165, 1.54) is 12.0 Å². The monoisotopic (exact) mass is 266 g/mol. The second-order valence-corrected chi connectivity index (χ2v) is 4.57. The number of hydrogen-bond donors (Lipinski definition) is 2.